The lowest BCUT2D eigenvalue weighted by Crippen LogP contribution is -2.34. The number of carbonyl (C=O) groups excluding carboxylic acids is 1. The third-order valence-electron chi connectivity index (χ3n) is 4.85. The SMILES string of the molecule is Cc1ccc(C(=O)NC(=S)Nc2ccc(Cl)c(-c3nc4cc(C)ccc4o3)c2)c(C)c1. The van der Waals surface area contributed by atoms with Crippen molar-refractivity contribution in [3.05, 3.63) is 81.9 Å². The van der Waals surface area contributed by atoms with Gasteiger partial charge in [0, 0.05) is 11.3 Å². The summed E-state index contributed by atoms with van der Waals surface area (Å²) in [5.41, 5.74) is 6.39. The minimum Gasteiger partial charge on any atom is -0.436 e. The van der Waals surface area contributed by atoms with E-state index in [9.17, 15) is 4.79 Å². The highest BCUT2D eigenvalue weighted by Gasteiger charge is 2.15. The van der Waals surface area contributed by atoms with Crippen LogP contribution >= 0.6 is 23.8 Å². The van der Waals surface area contributed by atoms with Crippen molar-refractivity contribution in [3.8, 4) is 11.5 Å². The van der Waals surface area contributed by atoms with Gasteiger partial charge < -0.3 is 9.73 Å². The van der Waals surface area contributed by atoms with Crippen LogP contribution in [-0.4, -0.2) is 16.0 Å². The summed E-state index contributed by atoms with van der Waals surface area (Å²) in [5, 5.41) is 6.43. The summed E-state index contributed by atoms with van der Waals surface area (Å²) < 4.78 is 5.87. The molecule has 0 saturated carbocycles. The lowest BCUT2D eigenvalue weighted by atomic mass is 10.1. The molecule has 1 heterocycles. The van der Waals surface area contributed by atoms with Gasteiger partial charge in [0.25, 0.3) is 5.91 Å². The minimum atomic E-state index is -0.265. The number of halogens is 1. The largest absolute Gasteiger partial charge is 0.436 e. The number of hydrogen-bond donors (Lipinski definition) is 2. The highest BCUT2D eigenvalue weighted by molar-refractivity contribution is 7.80. The lowest BCUT2D eigenvalue weighted by Gasteiger charge is -2.12. The molecule has 4 aromatic rings. The Morgan fingerprint density at radius 2 is 1.74 bits per heavy atom. The summed E-state index contributed by atoms with van der Waals surface area (Å²) in [5.74, 6) is 0.151. The summed E-state index contributed by atoms with van der Waals surface area (Å²) in [6.07, 6.45) is 0. The van der Waals surface area contributed by atoms with Gasteiger partial charge in [-0.15, -0.1) is 0 Å². The second-order valence-electron chi connectivity index (χ2n) is 7.41. The van der Waals surface area contributed by atoms with Gasteiger partial charge in [-0.25, -0.2) is 4.98 Å². The van der Waals surface area contributed by atoms with E-state index in [1.54, 1.807) is 24.3 Å². The average Bonchev–Trinajstić information content (AvgIpc) is 3.12. The molecule has 1 amide bonds. The first kappa shape index (κ1) is 21.0. The lowest BCUT2D eigenvalue weighted by molar-refractivity contribution is 0.0977. The van der Waals surface area contributed by atoms with Crippen LogP contribution in [0.4, 0.5) is 5.69 Å². The highest BCUT2D eigenvalue weighted by Crippen LogP contribution is 2.32. The molecular weight excluding hydrogens is 430 g/mol. The molecule has 3 aromatic carbocycles. The summed E-state index contributed by atoms with van der Waals surface area (Å²) in [7, 11) is 0. The number of anilines is 1. The molecule has 0 saturated heterocycles. The molecule has 0 atom stereocenters. The molecule has 5 nitrogen and oxygen atoms in total. The molecule has 0 aliphatic carbocycles. The first-order valence-electron chi connectivity index (χ1n) is 9.67. The van der Waals surface area contributed by atoms with Crippen molar-refractivity contribution >= 4 is 51.6 Å². The number of rotatable bonds is 3. The van der Waals surface area contributed by atoms with Crippen molar-refractivity contribution in [1.29, 1.82) is 0 Å². The molecule has 1 aromatic heterocycles. The second kappa shape index (κ2) is 8.49. The number of nitrogens with zero attached hydrogens (tertiary/aromatic N) is 1. The number of aryl methyl sites for hydroxylation is 3. The Bertz CT molecular complexity index is 1330. The van der Waals surface area contributed by atoms with Crippen LogP contribution in [0.1, 0.15) is 27.0 Å². The Morgan fingerprint density at radius 3 is 2.52 bits per heavy atom. The predicted molar refractivity (Wildman–Crippen MR) is 129 cm³/mol. The van der Waals surface area contributed by atoms with Crippen molar-refractivity contribution in [2.45, 2.75) is 20.8 Å². The maximum absolute atomic E-state index is 12.6. The Labute approximate surface area is 190 Å². The van der Waals surface area contributed by atoms with Gasteiger partial charge in [-0.2, -0.15) is 0 Å². The minimum absolute atomic E-state index is 0.187. The van der Waals surface area contributed by atoms with Gasteiger partial charge in [0.2, 0.25) is 5.89 Å². The maximum Gasteiger partial charge on any atom is 0.257 e. The topological polar surface area (TPSA) is 67.2 Å². The summed E-state index contributed by atoms with van der Waals surface area (Å²) in [6, 6.07) is 16.7. The van der Waals surface area contributed by atoms with Crippen LogP contribution in [0.2, 0.25) is 5.02 Å². The summed E-state index contributed by atoms with van der Waals surface area (Å²) >= 11 is 11.7. The molecule has 0 aliphatic heterocycles. The molecule has 4 rings (SSSR count). The smallest absolute Gasteiger partial charge is 0.257 e. The molecule has 0 spiro atoms. The van der Waals surface area contributed by atoms with Gasteiger partial charge in [-0.1, -0.05) is 35.4 Å². The quantitative estimate of drug-likeness (QED) is 0.364. The van der Waals surface area contributed by atoms with Crippen LogP contribution in [0.15, 0.2) is 59.0 Å². The van der Waals surface area contributed by atoms with E-state index in [0.717, 1.165) is 22.2 Å². The monoisotopic (exact) mass is 449 g/mol. The first-order chi connectivity index (χ1) is 14.8. The van der Waals surface area contributed by atoms with Crippen molar-refractivity contribution in [3.63, 3.8) is 0 Å². The molecular formula is C24H20ClN3O2S. The fourth-order valence-corrected chi connectivity index (χ4v) is 3.73. The van der Waals surface area contributed by atoms with Gasteiger partial charge in [-0.05, 0) is 80.5 Å². The molecule has 31 heavy (non-hydrogen) atoms. The molecule has 0 unspecified atom stereocenters. The van der Waals surface area contributed by atoms with Crippen molar-refractivity contribution in [1.82, 2.24) is 10.3 Å². The Hall–Kier alpha value is -3.22. The Morgan fingerprint density at radius 1 is 1.00 bits per heavy atom. The fraction of sp³-hybridized carbons (Fsp3) is 0.125. The number of nitrogens with one attached hydrogen (secondary N) is 2. The number of thiocarbonyl (C=S) groups is 1. The van der Waals surface area contributed by atoms with E-state index in [0.29, 0.717) is 33.3 Å². The molecule has 156 valence electrons. The van der Waals surface area contributed by atoms with Gasteiger partial charge in [-0.3, -0.25) is 10.1 Å². The molecule has 2 N–H and O–H groups in total. The van der Waals surface area contributed by atoms with Crippen molar-refractivity contribution in [2.24, 2.45) is 0 Å². The third-order valence-corrected chi connectivity index (χ3v) is 5.39. The van der Waals surface area contributed by atoms with Crippen molar-refractivity contribution in [2.75, 3.05) is 5.32 Å². The molecule has 0 radical (unpaired) electrons. The van der Waals surface area contributed by atoms with Crippen LogP contribution in [0.5, 0.6) is 0 Å². The van der Waals surface area contributed by atoms with Gasteiger partial charge in [0.05, 0.1) is 10.6 Å². The standard InChI is InChI=1S/C24H20ClN3O2S/c1-13-4-7-17(15(3)10-13)22(29)28-24(31)26-16-6-8-19(25)18(12-16)23-27-20-11-14(2)5-9-21(20)30-23/h4-12H,1-3H3,(H2,26,28,29,31). The zero-order valence-electron chi connectivity index (χ0n) is 17.2. The van der Waals surface area contributed by atoms with E-state index in [2.05, 4.69) is 15.6 Å². The maximum atomic E-state index is 12.6. The zero-order valence-corrected chi connectivity index (χ0v) is 18.8. The first-order valence-corrected chi connectivity index (χ1v) is 10.5. The highest BCUT2D eigenvalue weighted by atomic mass is 35.5. The Kier molecular flexibility index (Phi) is 5.76. The van der Waals surface area contributed by atoms with Crippen LogP contribution in [-0.2, 0) is 0 Å². The van der Waals surface area contributed by atoms with E-state index >= 15 is 0 Å². The zero-order chi connectivity index (χ0) is 22.1. The second-order valence-corrected chi connectivity index (χ2v) is 8.23. The van der Waals surface area contributed by atoms with E-state index in [-0.39, 0.29) is 11.0 Å². The number of benzene rings is 3. The molecule has 0 aliphatic rings. The van der Waals surface area contributed by atoms with E-state index in [1.165, 1.54) is 0 Å². The Balaban J connectivity index is 1.53. The van der Waals surface area contributed by atoms with E-state index < -0.39 is 0 Å². The van der Waals surface area contributed by atoms with Gasteiger partial charge in [0.1, 0.15) is 5.52 Å². The third kappa shape index (κ3) is 4.60. The van der Waals surface area contributed by atoms with Crippen LogP contribution in [0.3, 0.4) is 0 Å². The molecule has 0 bridgehead atoms. The van der Waals surface area contributed by atoms with Gasteiger partial charge in [0.15, 0.2) is 10.7 Å². The molecule has 7 heteroatoms. The van der Waals surface area contributed by atoms with Crippen LogP contribution < -0.4 is 10.6 Å². The molecule has 0 fully saturated rings. The summed E-state index contributed by atoms with van der Waals surface area (Å²) in [6.45, 7) is 5.88. The number of amides is 1. The van der Waals surface area contributed by atoms with Crippen LogP contribution in [0, 0.1) is 20.8 Å². The fourth-order valence-electron chi connectivity index (χ4n) is 3.32. The summed E-state index contributed by atoms with van der Waals surface area (Å²) in [4.78, 5) is 17.1. The van der Waals surface area contributed by atoms with E-state index in [1.807, 2.05) is 51.1 Å². The van der Waals surface area contributed by atoms with E-state index in [4.69, 9.17) is 28.2 Å². The number of hydrogen-bond acceptors (Lipinski definition) is 4. The predicted octanol–water partition coefficient (Wildman–Crippen LogP) is 6.20. The van der Waals surface area contributed by atoms with Gasteiger partial charge >= 0.3 is 0 Å². The number of fused-ring (bicyclic) bond motifs is 1. The van der Waals surface area contributed by atoms with Crippen LogP contribution in [0.25, 0.3) is 22.6 Å². The van der Waals surface area contributed by atoms with Crippen molar-refractivity contribution < 1.29 is 9.21 Å². The average molecular weight is 450 g/mol. The normalized spacial score (nSPS) is 10.8. The number of carbonyl (C=O) groups is 1. The number of aromatic nitrogens is 1. The number of oxazole rings is 1.